The number of rotatable bonds is 4. The molecule has 82 valence electrons. The van der Waals surface area contributed by atoms with Gasteiger partial charge >= 0.3 is 0 Å². The molecule has 1 amide bonds. The van der Waals surface area contributed by atoms with Crippen molar-refractivity contribution in [3.63, 3.8) is 0 Å². The minimum Gasteiger partial charge on any atom is -0.353 e. The molecule has 0 unspecified atom stereocenters. The van der Waals surface area contributed by atoms with Gasteiger partial charge in [0, 0.05) is 18.5 Å². The first-order valence-corrected chi connectivity index (χ1v) is 5.77. The highest BCUT2D eigenvalue weighted by atomic mass is 16.1. The minimum atomic E-state index is 0.215. The smallest absolute Gasteiger partial charge is 0.220 e. The summed E-state index contributed by atoms with van der Waals surface area (Å²) in [6.07, 6.45) is 6.98. The van der Waals surface area contributed by atoms with Crippen LogP contribution < -0.4 is 11.1 Å². The second-order valence-electron chi connectivity index (χ2n) is 4.28. The number of nitrogens with one attached hydrogen (secondary N) is 1. The van der Waals surface area contributed by atoms with Crippen molar-refractivity contribution in [3.05, 3.63) is 0 Å². The van der Waals surface area contributed by atoms with E-state index >= 15 is 0 Å². The molecule has 1 saturated carbocycles. The van der Waals surface area contributed by atoms with Crippen LogP contribution in [-0.4, -0.2) is 18.0 Å². The molecule has 1 fully saturated rings. The van der Waals surface area contributed by atoms with Crippen LogP contribution in [0.5, 0.6) is 0 Å². The van der Waals surface area contributed by atoms with Crippen LogP contribution in [0.1, 0.15) is 51.9 Å². The SMILES string of the molecule is CCCCC(=O)NC1CCC(N)CC1. The van der Waals surface area contributed by atoms with E-state index in [1.807, 2.05) is 0 Å². The van der Waals surface area contributed by atoms with Crippen LogP contribution in [0.3, 0.4) is 0 Å². The van der Waals surface area contributed by atoms with Crippen LogP contribution in [0, 0.1) is 0 Å². The van der Waals surface area contributed by atoms with Crippen LogP contribution in [0.15, 0.2) is 0 Å². The van der Waals surface area contributed by atoms with Gasteiger partial charge in [0.25, 0.3) is 0 Å². The Labute approximate surface area is 86.4 Å². The van der Waals surface area contributed by atoms with Gasteiger partial charge in [-0.2, -0.15) is 0 Å². The van der Waals surface area contributed by atoms with Crippen molar-refractivity contribution in [1.82, 2.24) is 5.32 Å². The predicted molar refractivity (Wildman–Crippen MR) is 57.9 cm³/mol. The van der Waals surface area contributed by atoms with Crippen molar-refractivity contribution in [2.24, 2.45) is 5.73 Å². The molecule has 0 bridgehead atoms. The van der Waals surface area contributed by atoms with E-state index in [1.54, 1.807) is 0 Å². The van der Waals surface area contributed by atoms with Gasteiger partial charge in [-0.25, -0.2) is 0 Å². The Morgan fingerprint density at radius 2 is 2.00 bits per heavy atom. The average Bonchev–Trinajstić information content (AvgIpc) is 2.18. The number of unbranched alkanes of at least 4 members (excludes halogenated alkanes) is 1. The second-order valence-corrected chi connectivity index (χ2v) is 4.28. The molecule has 1 aliphatic rings. The third-order valence-corrected chi connectivity index (χ3v) is 2.89. The van der Waals surface area contributed by atoms with Gasteiger partial charge in [0.05, 0.1) is 0 Å². The standard InChI is InChI=1S/C11H22N2O/c1-2-3-4-11(14)13-10-7-5-9(12)6-8-10/h9-10H,2-8,12H2,1H3,(H,13,14). The molecule has 0 heterocycles. The average molecular weight is 198 g/mol. The summed E-state index contributed by atoms with van der Waals surface area (Å²) in [5.74, 6) is 0.215. The zero-order valence-corrected chi connectivity index (χ0v) is 9.09. The monoisotopic (exact) mass is 198 g/mol. The molecule has 14 heavy (non-hydrogen) atoms. The second kappa shape index (κ2) is 6.02. The highest BCUT2D eigenvalue weighted by Crippen LogP contribution is 2.16. The largest absolute Gasteiger partial charge is 0.353 e. The number of carbonyl (C=O) groups is 1. The fourth-order valence-corrected chi connectivity index (χ4v) is 1.90. The lowest BCUT2D eigenvalue weighted by Crippen LogP contribution is -2.40. The molecule has 0 aliphatic heterocycles. The van der Waals surface area contributed by atoms with E-state index in [1.165, 1.54) is 0 Å². The van der Waals surface area contributed by atoms with Gasteiger partial charge in [0.15, 0.2) is 0 Å². The van der Waals surface area contributed by atoms with Gasteiger partial charge in [-0.1, -0.05) is 13.3 Å². The normalized spacial score (nSPS) is 27.3. The molecule has 0 aromatic carbocycles. The van der Waals surface area contributed by atoms with E-state index in [2.05, 4.69) is 12.2 Å². The first-order chi connectivity index (χ1) is 6.72. The Morgan fingerprint density at radius 3 is 2.57 bits per heavy atom. The third-order valence-electron chi connectivity index (χ3n) is 2.89. The molecule has 0 aromatic rings. The van der Waals surface area contributed by atoms with E-state index in [-0.39, 0.29) is 5.91 Å². The highest BCUT2D eigenvalue weighted by molar-refractivity contribution is 5.76. The van der Waals surface area contributed by atoms with Crippen LogP contribution in [0.25, 0.3) is 0 Å². The summed E-state index contributed by atoms with van der Waals surface area (Å²) < 4.78 is 0. The summed E-state index contributed by atoms with van der Waals surface area (Å²) in [4.78, 5) is 11.4. The fourth-order valence-electron chi connectivity index (χ4n) is 1.90. The van der Waals surface area contributed by atoms with Crippen molar-refractivity contribution < 1.29 is 4.79 Å². The number of hydrogen-bond donors (Lipinski definition) is 2. The molecule has 0 atom stereocenters. The predicted octanol–water partition coefficient (Wildman–Crippen LogP) is 1.56. The van der Waals surface area contributed by atoms with E-state index < -0.39 is 0 Å². The van der Waals surface area contributed by atoms with Crippen LogP contribution in [-0.2, 0) is 4.79 Å². The Morgan fingerprint density at radius 1 is 1.36 bits per heavy atom. The summed E-state index contributed by atoms with van der Waals surface area (Å²) in [6, 6.07) is 0.748. The summed E-state index contributed by atoms with van der Waals surface area (Å²) in [6.45, 7) is 2.10. The van der Waals surface area contributed by atoms with Crippen LogP contribution >= 0.6 is 0 Å². The highest BCUT2D eigenvalue weighted by Gasteiger charge is 2.19. The van der Waals surface area contributed by atoms with Crippen LogP contribution in [0.2, 0.25) is 0 Å². The van der Waals surface area contributed by atoms with Gasteiger partial charge in [0.1, 0.15) is 0 Å². The summed E-state index contributed by atoms with van der Waals surface area (Å²) in [5.41, 5.74) is 5.80. The summed E-state index contributed by atoms with van der Waals surface area (Å²) >= 11 is 0. The van der Waals surface area contributed by atoms with Crippen molar-refractivity contribution in [3.8, 4) is 0 Å². The molecule has 1 aliphatic carbocycles. The Bertz CT molecular complexity index is 174. The lowest BCUT2D eigenvalue weighted by atomic mass is 9.92. The number of amides is 1. The van der Waals surface area contributed by atoms with E-state index in [9.17, 15) is 4.79 Å². The molecule has 3 N–H and O–H groups in total. The maximum atomic E-state index is 11.4. The molecule has 0 saturated heterocycles. The quantitative estimate of drug-likeness (QED) is 0.720. The lowest BCUT2D eigenvalue weighted by Gasteiger charge is -2.26. The summed E-state index contributed by atoms with van der Waals surface area (Å²) in [7, 11) is 0. The van der Waals surface area contributed by atoms with Gasteiger partial charge in [-0.05, 0) is 32.1 Å². The van der Waals surface area contributed by atoms with Crippen molar-refractivity contribution >= 4 is 5.91 Å². The number of carbonyl (C=O) groups excluding carboxylic acids is 1. The van der Waals surface area contributed by atoms with Gasteiger partial charge < -0.3 is 11.1 Å². The number of hydrogen-bond acceptors (Lipinski definition) is 2. The zero-order valence-electron chi connectivity index (χ0n) is 9.09. The topological polar surface area (TPSA) is 55.1 Å². The Balaban J connectivity index is 2.14. The number of nitrogens with two attached hydrogens (primary N) is 1. The minimum absolute atomic E-state index is 0.215. The Hall–Kier alpha value is -0.570. The molecule has 3 heteroatoms. The van der Waals surface area contributed by atoms with Crippen molar-refractivity contribution in [1.29, 1.82) is 0 Å². The molecule has 0 spiro atoms. The van der Waals surface area contributed by atoms with E-state index in [0.29, 0.717) is 18.5 Å². The maximum absolute atomic E-state index is 11.4. The molecule has 3 nitrogen and oxygen atoms in total. The molecular weight excluding hydrogens is 176 g/mol. The maximum Gasteiger partial charge on any atom is 0.220 e. The lowest BCUT2D eigenvalue weighted by molar-refractivity contribution is -0.122. The molecular formula is C11H22N2O. The zero-order chi connectivity index (χ0) is 10.4. The molecule has 0 aromatic heterocycles. The first kappa shape index (κ1) is 11.5. The fraction of sp³-hybridized carbons (Fsp3) is 0.909. The third kappa shape index (κ3) is 4.09. The van der Waals surface area contributed by atoms with Crippen LogP contribution in [0.4, 0.5) is 0 Å². The molecule has 1 rings (SSSR count). The van der Waals surface area contributed by atoms with Gasteiger partial charge in [-0.3, -0.25) is 4.79 Å². The molecule has 0 radical (unpaired) electrons. The first-order valence-electron chi connectivity index (χ1n) is 5.77. The van der Waals surface area contributed by atoms with Crippen molar-refractivity contribution in [2.75, 3.05) is 0 Å². The van der Waals surface area contributed by atoms with E-state index in [0.717, 1.165) is 38.5 Å². The van der Waals surface area contributed by atoms with E-state index in [4.69, 9.17) is 5.73 Å². The Kier molecular flexibility index (Phi) is 4.94. The summed E-state index contributed by atoms with van der Waals surface area (Å²) in [5, 5.41) is 3.08. The van der Waals surface area contributed by atoms with Gasteiger partial charge in [-0.15, -0.1) is 0 Å². The van der Waals surface area contributed by atoms with Crippen molar-refractivity contribution in [2.45, 2.75) is 64.0 Å². The van der Waals surface area contributed by atoms with Gasteiger partial charge in [0.2, 0.25) is 5.91 Å².